The van der Waals surface area contributed by atoms with E-state index in [1.807, 2.05) is 11.3 Å². The highest BCUT2D eigenvalue weighted by molar-refractivity contribution is 7.17. The summed E-state index contributed by atoms with van der Waals surface area (Å²) in [6.07, 6.45) is 2.29. The minimum absolute atomic E-state index is 0.539. The molecule has 1 N–H and O–H groups in total. The van der Waals surface area contributed by atoms with Gasteiger partial charge in [0.25, 0.3) is 0 Å². The highest BCUT2D eigenvalue weighted by Crippen LogP contribution is 2.27. The summed E-state index contributed by atoms with van der Waals surface area (Å²) in [4.78, 5) is 0. The van der Waals surface area contributed by atoms with Crippen LogP contribution in [0.4, 0.5) is 0 Å². The van der Waals surface area contributed by atoms with E-state index < -0.39 is 0 Å². The van der Waals surface area contributed by atoms with Crippen molar-refractivity contribution in [1.82, 2.24) is 5.32 Å². The lowest BCUT2D eigenvalue weighted by Crippen LogP contribution is -2.24. The minimum Gasteiger partial charge on any atom is -0.311 e. The van der Waals surface area contributed by atoms with Crippen LogP contribution in [0.3, 0.4) is 0 Å². The van der Waals surface area contributed by atoms with E-state index in [1.54, 1.807) is 0 Å². The van der Waals surface area contributed by atoms with Crippen molar-refractivity contribution >= 4 is 27.5 Å². The molecule has 0 saturated heterocycles. The van der Waals surface area contributed by atoms with Gasteiger partial charge in [0.2, 0.25) is 0 Å². The lowest BCUT2D eigenvalue weighted by Gasteiger charge is -2.07. The second-order valence-corrected chi connectivity index (χ2v) is 5.62. The number of benzene rings is 1. The first-order valence-corrected chi connectivity index (χ1v) is 6.91. The van der Waals surface area contributed by atoms with Crippen LogP contribution in [0.25, 0.3) is 16.2 Å². The van der Waals surface area contributed by atoms with Crippen molar-refractivity contribution in [3.05, 3.63) is 40.8 Å². The van der Waals surface area contributed by atoms with Gasteiger partial charge in [-0.05, 0) is 29.3 Å². The monoisotopic (exact) mass is 245 g/mol. The van der Waals surface area contributed by atoms with E-state index in [2.05, 4.69) is 61.8 Å². The first-order chi connectivity index (χ1) is 8.16. The fraction of sp³-hybridized carbons (Fsp3) is 0.333. The number of nitrogens with one attached hydrogen (secondary N) is 1. The van der Waals surface area contributed by atoms with Gasteiger partial charge < -0.3 is 5.32 Å². The maximum absolute atomic E-state index is 3.44. The Morgan fingerprint density at radius 1 is 1.35 bits per heavy atom. The Morgan fingerprint density at radius 3 is 2.88 bits per heavy atom. The Bertz CT molecular complexity index is 522. The Hall–Kier alpha value is -1.12. The minimum atomic E-state index is 0.539. The van der Waals surface area contributed by atoms with Crippen LogP contribution in [-0.2, 0) is 0 Å². The third-order valence-electron chi connectivity index (χ3n) is 2.70. The second-order valence-electron chi connectivity index (χ2n) is 4.71. The van der Waals surface area contributed by atoms with Gasteiger partial charge in [0.15, 0.2) is 0 Å². The molecular formula is C15H19NS. The highest BCUT2D eigenvalue weighted by atomic mass is 32.1. The third-order valence-corrected chi connectivity index (χ3v) is 3.68. The normalized spacial score (nSPS) is 12.6. The van der Waals surface area contributed by atoms with E-state index in [4.69, 9.17) is 0 Å². The molecule has 0 radical (unpaired) electrons. The Labute approximate surface area is 107 Å². The molecule has 0 aliphatic rings. The summed E-state index contributed by atoms with van der Waals surface area (Å²) in [7, 11) is 0. The zero-order valence-electron chi connectivity index (χ0n) is 10.7. The van der Waals surface area contributed by atoms with Gasteiger partial charge in [-0.25, -0.2) is 0 Å². The van der Waals surface area contributed by atoms with Crippen molar-refractivity contribution in [3.63, 3.8) is 0 Å². The Kier molecular flexibility index (Phi) is 3.97. The summed E-state index contributed by atoms with van der Waals surface area (Å²) in [6, 6.07) is 9.12. The van der Waals surface area contributed by atoms with Crippen molar-refractivity contribution < 1.29 is 0 Å². The van der Waals surface area contributed by atoms with E-state index in [9.17, 15) is 0 Å². The van der Waals surface area contributed by atoms with Crippen molar-refractivity contribution in [2.75, 3.05) is 6.54 Å². The molecule has 0 unspecified atom stereocenters. The summed E-state index contributed by atoms with van der Waals surface area (Å²) in [5, 5.41) is 7.04. The summed E-state index contributed by atoms with van der Waals surface area (Å²) in [5.41, 5.74) is 2.72. The summed E-state index contributed by atoms with van der Waals surface area (Å²) in [5.74, 6) is 0. The van der Waals surface area contributed by atoms with Crippen LogP contribution < -0.4 is 5.32 Å². The molecule has 2 heteroatoms. The average molecular weight is 245 g/mol. The maximum atomic E-state index is 3.44. The number of hydrogen-bond donors (Lipinski definition) is 1. The van der Waals surface area contributed by atoms with Gasteiger partial charge in [-0.15, -0.1) is 11.3 Å². The molecule has 0 saturated carbocycles. The molecule has 2 aromatic rings. The van der Waals surface area contributed by atoms with Crippen LogP contribution in [0.15, 0.2) is 35.2 Å². The van der Waals surface area contributed by atoms with E-state index in [-0.39, 0.29) is 0 Å². The fourth-order valence-corrected chi connectivity index (χ4v) is 2.71. The highest BCUT2D eigenvalue weighted by Gasteiger charge is 2.01. The van der Waals surface area contributed by atoms with E-state index >= 15 is 0 Å². The fourth-order valence-electron chi connectivity index (χ4n) is 1.79. The first-order valence-electron chi connectivity index (χ1n) is 6.03. The zero-order valence-corrected chi connectivity index (χ0v) is 11.5. The van der Waals surface area contributed by atoms with Crippen molar-refractivity contribution in [2.24, 2.45) is 0 Å². The van der Waals surface area contributed by atoms with E-state index in [1.165, 1.54) is 21.2 Å². The molecule has 0 bridgehead atoms. The smallest absolute Gasteiger partial charge is 0.0348 e. The van der Waals surface area contributed by atoms with Gasteiger partial charge in [-0.1, -0.05) is 43.7 Å². The number of rotatable bonds is 4. The van der Waals surface area contributed by atoms with Crippen LogP contribution in [0.1, 0.15) is 26.3 Å². The standard InChI is InChI=1S/C15H19NS/c1-11(2)16-9-12(3)8-13-10-17-15-7-5-4-6-14(13)15/h4-8,10-11,16H,9H2,1-3H3. The number of thiophene rings is 1. The Balaban J connectivity index is 2.20. The summed E-state index contributed by atoms with van der Waals surface area (Å²) in [6.45, 7) is 7.49. The van der Waals surface area contributed by atoms with Crippen LogP contribution in [0.5, 0.6) is 0 Å². The van der Waals surface area contributed by atoms with Gasteiger partial charge in [-0.2, -0.15) is 0 Å². The first kappa shape index (κ1) is 12.3. The largest absolute Gasteiger partial charge is 0.311 e. The van der Waals surface area contributed by atoms with Gasteiger partial charge in [-0.3, -0.25) is 0 Å². The lowest BCUT2D eigenvalue weighted by atomic mass is 10.1. The Morgan fingerprint density at radius 2 is 2.12 bits per heavy atom. The molecule has 17 heavy (non-hydrogen) atoms. The second kappa shape index (κ2) is 5.48. The predicted molar refractivity (Wildman–Crippen MR) is 78.6 cm³/mol. The molecule has 0 aliphatic heterocycles. The molecule has 0 atom stereocenters. The molecule has 1 heterocycles. The molecule has 0 aliphatic carbocycles. The molecule has 1 aromatic carbocycles. The van der Waals surface area contributed by atoms with Gasteiger partial charge in [0.1, 0.15) is 0 Å². The van der Waals surface area contributed by atoms with Crippen molar-refractivity contribution in [1.29, 1.82) is 0 Å². The number of fused-ring (bicyclic) bond motifs is 1. The summed E-state index contributed by atoms with van der Waals surface area (Å²) >= 11 is 1.82. The SMILES string of the molecule is CC(=Cc1csc2ccccc12)CNC(C)C. The van der Waals surface area contributed by atoms with Crippen molar-refractivity contribution in [3.8, 4) is 0 Å². The van der Waals surface area contributed by atoms with Crippen LogP contribution in [-0.4, -0.2) is 12.6 Å². The molecule has 1 aromatic heterocycles. The van der Waals surface area contributed by atoms with Crippen LogP contribution in [0, 0.1) is 0 Å². The quantitative estimate of drug-likeness (QED) is 0.846. The van der Waals surface area contributed by atoms with E-state index in [0.717, 1.165) is 6.54 Å². The van der Waals surface area contributed by atoms with Crippen molar-refractivity contribution in [2.45, 2.75) is 26.8 Å². The predicted octanol–water partition coefficient (Wildman–Crippen LogP) is 4.30. The van der Waals surface area contributed by atoms with Gasteiger partial charge >= 0.3 is 0 Å². The summed E-state index contributed by atoms with van der Waals surface area (Å²) < 4.78 is 1.36. The third kappa shape index (κ3) is 3.18. The number of hydrogen-bond acceptors (Lipinski definition) is 2. The molecule has 90 valence electrons. The molecule has 0 spiro atoms. The van der Waals surface area contributed by atoms with E-state index in [0.29, 0.717) is 6.04 Å². The molecule has 2 rings (SSSR count). The zero-order chi connectivity index (χ0) is 12.3. The van der Waals surface area contributed by atoms with Gasteiger partial charge in [0.05, 0.1) is 0 Å². The lowest BCUT2D eigenvalue weighted by molar-refractivity contribution is 0.623. The van der Waals surface area contributed by atoms with Crippen LogP contribution in [0.2, 0.25) is 0 Å². The molecular weight excluding hydrogens is 226 g/mol. The molecule has 0 fully saturated rings. The molecule has 0 amide bonds. The average Bonchev–Trinajstić information content (AvgIpc) is 2.70. The molecule has 1 nitrogen and oxygen atoms in total. The van der Waals surface area contributed by atoms with Gasteiger partial charge in [0, 0.05) is 17.3 Å². The maximum Gasteiger partial charge on any atom is 0.0348 e. The van der Waals surface area contributed by atoms with Crippen LogP contribution >= 0.6 is 11.3 Å². The topological polar surface area (TPSA) is 12.0 Å².